The van der Waals surface area contributed by atoms with Gasteiger partial charge in [0.05, 0.1) is 17.8 Å². The zero-order chi connectivity index (χ0) is 25.6. The van der Waals surface area contributed by atoms with Crippen molar-refractivity contribution in [3.8, 4) is 0 Å². The highest BCUT2D eigenvalue weighted by atomic mass is 32.2. The summed E-state index contributed by atoms with van der Waals surface area (Å²) >= 11 is 4.06. The Morgan fingerprint density at radius 1 is 1.09 bits per heavy atom. The second-order valence-electron chi connectivity index (χ2n) is 10.1. The molecule has 0 N–H and O–H groups in total. The third-order valence-electron chi connectivity index (χ3n) is 5.42. The molecule has 0 saturated carbocycles. The van der Waals surface area contributed by atoms with Crippen LogP contribution in [0.2, 0.25) is 25.7 Å². The first-order valence-corrected chi connectivity index (χ1v) is 18.0. The molecular weight excluding hydrogens is 481 g/mol. The summed E-state index contributed by atoms with van der Waals surface area (Å²) in [5, 5.41) is 0. The summed E-state index contributed by atoms with van der Waals surface area (Å²) in [5.41, 5.74) is 4.51. The van der Waals surface area contributed by atoms with Gasteiger partial charge in [-0.2, -0.15) is 0 Å². The van der Waals surface area contributed by atoms with Gasteiger partial charge in [-0.1, -0.05) is 55.6 Å². The van der Waals surface area contributed by atoms with Crippen molar-refractivity contribution < 1.29 is 19.0 Å². The van der Waals surface area contributed by atoms with Gasteiger partial charge in [0.25, 0.3) is 0 Å². The van der Waals surface area contributed by atoms with Crippen LogP contribution in [0.3, 0.4) is 0 Å². The van der Waals surface area contributed by atoms with Gasteiger partial charge in [-0.25, -0.2) is 4.79 Å². The minimum atomic E-state index is -1.28. The summed E-state index contributed by atoms with van der Waals surface area (Å²) in [6, 6.07) is 1.02. The lowest BCUT2D eigenvalue weighted by atomic mass is 10.0. The molecule has 1 saturated heterocycles. The maximum absolute atomic E-state index is 12.3. The van der Waals surface area contributed by atoms with E-state index < -0.39 is 8.07 Å². The molecule has 1 heterocycles. The first kappa shape index (κ1) is 31.3. The Morgan fingerprint density at radius 3 is 2.32 bits per heavy atom. The molecule has 0 aromatic rings. The van der Waals surface area contributed by atoms with Crippen LogP contribution in [0.1, 0.15) is 46.0 Å². The zero-order valence-corrected chi connectivity index (χ0v) is 25.0. The number of rotatable bonds is 15. The van der Waals surface area contributed by atoms with Gasteiger partial charge < -0.3 is 14.2 Å². The van der Waals surface area contributed by atoms with Crippen LogP contribution in [0.5, 0.6) is 0 Å². The van der Waals surface area contributed by atoms with E-state index in [0.717, 1.165) is 36.5 Å². The highest BCUT2D eigenvalue weighted by molar-refractivity contribution is 8.17. The van der Waals surface area contributed by atoms with Gasteiger partial charge in [0.15, 0.2) is 0 Å². The Kier molecular flexibility index (Phi) is 15.5. The average molecular weight is 527 g/mol. The highest BCUT2D eigenvalue weighted by Gasteiger charge is 2.20. The molecule has 1 aliphatic heterocycles. The fraction of sp³-hybridized carbons (Fsp3) is 0.667. The molecule has 1 unspecified atom stereocenters. The quantitative estimate of drug-likeness (QED) is 0.0719. The molecule has 1 atom stereocenters. The largest absolute Gasteiger partial charge is 0.466 e. The first-order valence-electron chi connectivity index (χ1n) is 12.2. The second-order valence-corrected chi connectivity index (χ2v) is 18.3. The maximum Gasteiger partial charge on any atom is 0.333 e. The zero-order valence-electron chi connectivity index (χ0n) is 22.4. The molecule has 7 heteroatoms. The summed E-state index contributed by atoms with van der Waals surface area (Å²) in [6.45, 7) is 15.9. The lowest BCUT2D eigenvalue weighted by Gasteiger charge is -2.23. The van der Waals surface area contributed by atoms with Crippen molar-refractivity contribution in [2.24, 2.45) is 0 Å². The highest BCUT2D eigenvalue weighted by Crippen LogP contribution is 2.35. The summed E-state index contributed by atoms with van der Waals surface area (Å²) < 4.78 is 16.6. The van der Waals surface area contributed by atoms with E-state index in [1.807, 2.05) is 29.6 Å². The average Bonchev–Trinajstić information content (AvgIpc) is 2.79. The number of carbonyl (C=O) groups is 1. The Morgan fingerprint density at radius 2 is 1.74 bits per heavy atom. The number of allylic oxidation sites excluding steroid dienone is 3. The molecule has 1 fully saturated rings. The fourth-order valence-corrected chi connectivity index (χ4v) is 8.22. The van der Waals surface area contributed by atoms with Gasteiger partial charge in [0, 0.05) is 20.8 Å². The Balaban J connectivity index is 2.72. The SMILES string of the molecule is C=C(C[Si](C)(C)C)C(/C=C(\C)CC/C=C(/CC/C=C(\C)C1SCCCS1)C(=O)OC)OCOC. The fourth-order valence-electron chi connectivity index (χ4n) is 3.74. The van der Waals surface area contributed by atoms with Crippen molar-refractivity contribution in [2.75, 3.05) is 32.5 Å². The number of ether oxygens (including phenoxy) is 3. The molecule has 0 bridgehead atoms. The third-order valence-corrected chi connectivity index (χ3v) is 10.1. The molecule has 1 aliphatic rings. The summed E-state index contributed by atoms with van der Waals surface area (Å²) in [5.74, 6) is 2.26. The molecular formula is C27H46O4S2Si. The summed E-state index contributed by atoms with van der Waals surface area (Å²) in [4.78, 5) is 12.3. The van der Waals surface area contributed by atoms with Crippen LogP contribution in [0.15, 0.2) is 47.1 Å². The van der Waals surface area contributed by atoms with Gasteiger partial charge in [0.1, 0.15) is 6.79 Å². The molecule has 0 amide bonds. The van der Waals surface area contributed by atoms with Gasteiger partial charge in [-0.05, 0) is 69.1 Å². The Hall–Kier alpha value is -0.733. The lowest BCUT2D eigenvalue weighted by Crippen LogP contribution is -2.25. The van der Waals surface area contributed by atoms with E-state index in [9.17, 15) is 4.79 Å². The van der Waals surface area contributed by atoms with Crippen LogP contribution in [0, 0.1) is 0 Å². The van der Waals surface area contributed by atoms with Crippen LogP contribution in [-0.4, -0.2) is 57.2 Å². The molecule has 194 valence electrons. The van der Waals surface area contributed by atoms with E-state index in [1.165, 1.54) is 36.2 Å². The minimum Gasteiger partial charge on any atom is -0.466 e. The Bertz CT molecular complexity index is 731. The van der Waals surface area contributed by atoms with Crippen LogP contribution in [-0.2, 0) is 19.0 Å². The predicted octanol–water partition coefficient (Wildman–Crippen LogP) is 7.62. The van der Waals surface area contributed by atoms with E-state index >= 15 is 0 Å². The van der Waals surface area contributed by atoms with Crippen molar-refractivity contribution in [3.63, 3.8) is 0 Å². The van der Waals surface area contributed by atoms with Crippen molar-refractivity contribution in [1.29, 1.82) is 0 Å². The smallest absolute Gasteiger partial charge is 0.333 e. The van der Waals surface area contributed by atoms with E-state index in [0.29, 0.717) is 11.0 Å². The van der Waals surface area contributed by atoms with Crippen molar-refractivity contribution in [1.82, 2.24) is 0 Å². The number of thioether (sulfide) groups is 2. The number of hydrogen-bond acceptors (Lipinski definition) is 6. The molecule has 0 aromatic carbocycles. The monoisotopic (exact) mass is 526 g/mol. The number of hydrogen-bond donors (Lipinski definition) is 0. The molecule has 1 rings (SSSR count). The Labute approximate surface area is 218 Å². The molecule has 0 radical (unpaired) electrons. The van der Waals surface area contributed by atoms with Crippen LogP contribution in [0.4, 0.5) is 0 Å². The van der Waals surface area contributed by atoms with Gasteiger partial charge in [-0.3, -0.25) is 0 Å². The van der Waals surface area contributed by atoms with E-state index in [1.54, 1.807) is 7.11 Å². The summed E-state index contributed by atoms with van der Waals surface area (Å²) in [6.07, 6.45) is 10.9. The minimum absolute atomic E-state index is 0.139. The molecule has 0 aromatic heterocycles. The van der Waals surface area contributed by atoms with E-state index in [-0.39, 0.29) is 18.9 Å². The third kappa shape index (κ3) is 13.4. The van der Waals surface area contributed by atoms with Gasteiger partial charge in [-0.15, -0.1) is 23.5 Å². The predicted molar refractivity (Wildman–Crippen MR) is 153 cm³/mol. The number of esters is 1. The van der Waals surface area contributed by atoms with E-state index in [4.69, 9.17) is 14.2 Å². The first-order chi connectivity index (χ1) is 16.1. The number of carbonyl (C=O) groups excluding carboxylic acids is 1. The van der Waals surface area contributed by atoms with Crippen molar-refractivity contribution in [3.05, 3.63) is 47.1 Å². The van der Waals surface area contributed by atoms with Gasteiger partial charge >= 0.3 is 5.97 Å². The molecule has 0 spiro atoms. The normalized spacial score (nSPS) is 17.6. The topological polar surface area (TPSA) is 44.8 Å². The molecule has 34 heavy (non-hydrogen) atoms. The maximum atomic E-state index is 12.3. The second kappa shape index (κ2) is 16.9. The standard InChI is InChI=1S/C27H46O4S2Si/c1-21(18-25(31-20-29-4)23(3)19-34(6,7)8)12-9-14-24(26(28)30-5)15-10-13-22(2)27-32-16-11-17-33-27/h13-14,18,25,27H,3,9-12,15-17,19-20H2,1-2,4-8H3/b21-18+,22-13+,24-14-. The van der Waals surface area contributed by atoms with Gasteiger partial charge in [0.2, 0.25) is 0 Å². The van der Waals surface area contributed by atoms with Crippen LogP contribution >= 0.6 is 23.5 Å². The molecule has 0 aliphatic carbocycles. The van der Waals surface area contributed by atoms with Crippen LogP contribution in [0.25, 0.3) is 0 Å². The van der Waals surface area contributed by atoms with E-state index in [2.05, 4.69) is 52.2 Å². The molecule has 4 nitrogen and oxygen atoms in total. The lowest BCUT2D eigenvalue weighted by molar-refractivity contribution is -0.136. The summed E-state index contributed by atoms with van der Waals surface area (Å²) in [7, 11) is 1.81. The number of methoxy groups -OCH3 is 2. The van der Waals surface area contributed by atoms with Crippen molar-refractivity contribution in [2.45, 2.75) is 82.3 Å². The van der Waals surface area contributed by atoms with Crippen molar-refractivity contribution >= 4 is 37.6 Å². The van der Waals surface area contributed by atoms with Crippen LogP contribution < -0.4 is 0 Å².